The molecule has 0 spiro atoms. The highest BCUT2D eigenvalue weighted by Crippen LogP contribution is 2.24. The van der Waals surface area contributed by atoms with Crippen molar-refractivity contribution in [1.82, 2.24) is 0 Å². The fourth-order valence-electron chi connectivity index (χ4n) is 1.31. The minimum Gasteiger partial charge on any atom is -0.378 e. The smallest absolute Gasteiger partial charge is 0.348 e. The van der Waals surface area contributed by atoms with Crippen LogP contribution in [0.3, 0.4) is 0 Å². The topological polar surface area (TPSA) is 86.5 Å². The molecule has 2 aromatic rings. The van der Waals surface area contributed by atoms with Crippen LogP contribution in [0.4, 0.5) is 0 Å². The van der Waals surface area contributed by atoms with E-state index in [2.05, 4.69) is 0 Å². The lowest BCUT2D eigenvalue weighted by Crippen LogP contribution is -2.15. The highest BCUT2D eigenvalue weighted by molar-refractivity contribution is 7.89. The monoisotopic (exact) mass is 283 g/mol. The Morgan fingerprint density at radius 2 is 1.89 bits per heavy atom. The number of carbonyl (C=O) groups is 1. The van der Waals surface area contributed by atoms with Crippen LogP contribution in [0, 0.1) is 0 Å². The molecule has 0 saturated carbocycles. The minimum absolute atomic E-state index is 0.0256. The molecule has 7 heteroatoms. The molecule has 1 heterocycles. The number of amides is 1. The average Bonchev–Trinajstić information content (AvgIpc) is 2.83. The van der Waals surface area contributed by atoms with Gasteiger partial charge in [0.1, 0.15) is 0 Å². The minimum atomic E-state index is -3.92. The molecule has 5 nitrogen and oxygen atoms in total. The zero-order chi connectivity index (χ0) is 13.2. The molecule has 0 aliphatic rings. The van der Waals surface area contributed by atoms with Crippen LogP contribution in [-0.2, 0) is 10.1 Å². The quantitative estimate of drug-likeness (QED) is 0.864. The van der Waals surface area contributed by atoms with Crippen molar-refractivity contribution in [2.24, 2.45) is 5.73 Å². The van der Waals surface area contributed by atoms with E-state index in [0.717, 1.165) is 11.3 Å². The molecule has 2 N–H and O–H groups in total. The van der Waals surface area contributed by atoms with Crippen LogP contribution in [0.1, 0.15) is 10.4 Å². The Bertz CT molecular complexity index is 662. The molecule has 18 heavy (non-hydrogen) atoms. The summed E-state index contributed by atoms with van der Waals surface area (Å²) >= 11 is 1.03. The van der Waals surface area contributed by atoms with Gasteiger partial charge in [0.25, 0.3) is 5.91 Å². The Hall–Kier alpha value is -1.86. The standard InChI is InChI=1S/C11H9NO4S2/c12-11(13)8-4-1-2-5-9(8)16-18(14,15)10-6-3-7-17-10/h1-7H,(H2,12,13). The first-order chi connectivity index (χ1) is 8.50. The second kappa shape index (κ2) is 4.79. The van der Waals surface area contributed by atoms with Gasteiger partial charge in [-0.1, -0.05) is 18.2 Å². The van der Waals surface area contributed by atoms with E-state index < -0.39 is 16.0 Å². The number of hydrogen-bond acceptors (Lipinski definition) is 5. The van der Waals surface area contributed by atoms with Gasteiger partial charge < -0.3 is 9.92 Å². The van der Waals surface area contributed by atoms with E-state index in [1.807, 2.05) is 0 Å². The molecule has 0 aliphatic carbocycles. The molecule has 2 rings (SSSR count). The second-order valence-corrected chi connectivity index (χ2v) is 6.05. The van der Waals surface area contributed by atoms with Gasteiger partial charge >= 0.3 is 10.1 Å². The normalized spacial score (nSPS) is 11.1. The van der Waals surface area contributed by atoms with Gasteiger partial charge in [-0.3, -0.25) is 4.79 Å². The fourth-order valence-corrected chi connectivity index (χ4v) is 3.21. The van der Waals surface area contributed by atoms with Gasteiger partial charge in [-0.2, -0.15) is 8.42 Å². The maximum absolute atomic E-state index is 11.9. The van der Waals surface area contributed by atoms with Crippen LogP contribution < -0.4 is 9.92 Å². The summed E-state index contributed by atoms with van der Waals surface area (Å²) in [7, 11) is -3.92. The van der Waals surface area contributed by atoms with Crippen molar-refractivity contribution < 1.29 is 17.4 Å². The molecule has 0 atom stereocenters. The van der Waals surface area contributed by atoms with Gasteiger partial charge in [0.15, 0.2) is 9.96 Å². The van der Waals surface area contributed by atoms with Gasteiger partial charge in [-0.15, -0.1) is 11.3 Å². The van der Waals surface area contributed by atoms with E-state index in [9.17, 15) is 13.2 Å². The molecule has 0 fully saturated rings. The van der Waals surface area contributed by atoms with E-state index >= 15 is 0 Å². The first-order valence-electron chi connectivity index (χ1n) is 4.87. The van der Waals surface area contributed by atoms with Crippen LogP contribution in [0.15, 0.2) is 46.0 Å². The first kappa shape index (κ1) is 12.6. The predicted octanol–water partition coefficient (Wildman–Crippen LogP) is 1.61. The van der Waals surface area contributed by atoms with E-state index in [0.29, 0.717) is 0 Å². The lowest BCUT2D eigenvalue weighted by Gasteiger charge is -2.07. The zero-order valence-corrected chi connectivity index (χ0v) is 10.7. The van der Waals surface area contributed by atoms with E-state index in [1.54, 1.807) is 23.6 Å². The van der Waals surface area contributed by atoms with Crippen LogP contribution >= 0.6 is 11.3 Å². The summed E-state index contributed by atoms with van der Waals surface area (Å²) in [5.74, 6) is -0.814. The van der Waals surface area contributed by atoms with E-state index in [4.69, 9.17) is 9.92 Å². The first-order valence-corrected chi connectivity index (χ1v) is 7.16. The van der Waals surface area contributed by atoms with E-state index in [-0.39, 0.29) is 15.5 Å². The Labute approximate surface area is 108 Å². The molecular weight excluding hydrogens is 274 g/mol. The Morgan fingerprint density at radius 1 is 1.17 bits per heavy atom. The average molecular weight is 283 g/mol. The number of benzene rings is 1. The third-order valence-corrected chi connectivity index (χ3v) is 4.68. The second-order valence-electron chi connectivity index (χ2n) is 3.33. The van der Waals surface area contributed by atoms with Crippen molar-refractivity contribution in [3.63, 3.8) is 0 Å². The third-order valence-electron chi connectivity index (χ3n) is 2.09. The van der Waals surface area contributed by atoms with Crippen molar-refractivity contribution >= 4 is 27.4 Å². The molecule has 1 aromatic heterocycles. The summed E-state index contributed by atoms with van der Waals surface area (Å²) in [6.07, 6.45) is 0. The molecule has 0 bridgehead atoms. The van der Waals surface area contributed by atoms with Crippen LogP contribution in [0.2, 0.25) is 0 Å². The Morgan fingerprint density at radius 3 is 2.50 bits per heavy atom. The van der Waals surface area contributed by atoms with Gasteiger partial charge in [0.2, 0.25) is 0 Å². The molecule has 0 unspecified atom stereocenters. The number of primary amides is 1. The van der Waals surface area contributed by atoms with Crippen molar-refractivity contribution in [1.29, 1.82) is 0 Å². The maximum atomic E-state index is 11.9. The van der Waals surface area contributed by atoms with Crippen molar-refractivity contribution in [2.45, 2.75) is 4.21 Å². The van der Waals surface area contributed by atoms with Gasteiger partial charge in [-0.25, -0.2) is 0 Å². The molecule has 1 amide bonds. The summed E-state index contributed by atoms with van der Waals surface area (Å²) in [5, 5.41) is 1.62. The highest BCUT2D eigenvalue weighted by Gasteiger charge is 2.20. The Kier molecular flexibility index (Phi) is 3.35. The number of hydrogen-bond donors (Lipinski definition) is 1. The van der Waals surface area contributed by atoms with Gasteiger partial charge in [-0.05, 0) is 23.6 Å². The van der Waals surface area contributed by atoms with Crippen molar-refractivity contribution in [3.8, 4) is 5.75 Å². The van der Waals surface area contributed by atoms with Crippen molar-refractivity contribution in [3.05, 3.63) is 47.3 Å². The van der Waals surface area contributed by atoms with E-state index in [1.165, 1.54) is 18.2 Å². The number of carbonyl (C=O) groups excluding carboxylic acids is 1. The third kappa shape index (κ3) is 2.52. The predicted molar refractivity (Wildman–Crippen MR) is 67.1 cm³/mol. The largest absolute Gasteiger partial charge is 0.378 e. The number of thiophene rings is 1. The van der Waals surface area contributed by atoms with Gasteiger partial charge in [0, 0.05) is 0 Å². The fraction of sp³-hybridized carbons (Fsp3) is 0. The maximum Gasteiger partial charge on any atom is 0.348 e. The highest BCUT2D eigenvalue weighted by atomic mass is 32.3. The number of para-hydroxylation sites is 1. The van der Waals surface area contributed by atoms with Gasteiger partial charge in [0.05, 0.1) is 5.56 Å². The summed E-state index contributed by atoms with van der Waals surface area (Å²) in [6.45, 7) is 0. The summed E-state index contributed by atoms with van der Waals surface area (Å²) in [6, 6.07) is 8.94. The summed E-state index contributed by atoms with van der Waals surface area (Å²) in [4.78, 5) is 11.1. The lowest BCUT2D eigenvalue weighted by atomic mass is 10.2. The van der Waals surface area contributed by atoms with Crippen LogP contribution in [-0.4, -0.2) is 14.3 Å². The summed E-state index contributed by atoms with van der Waals surface area (Å²) < 4.78 is 28.7. The number of rotatable bonds is 4. The lowest BCUT2D eigenvalue weighted by molar-refractivity contribution is 0.0999. The van der Waals surface area contributed by atoms with Crippen LogP contribution in [0.5, 0.6) is 5.75 Å². The summed E-state index contributed by atoms with van der Waals surface area (Å²) in [5.41, 5.74) is 5.17. The molecule has 1 aromatic carbocycles. The zero-order valence-electron chi connectivity index (χ0n) is 9.07. The molecule has 0 radical (unpaired) electrons. The molecule has 0 aliphatic heterocycles. The SMILES string of the molecule is NC(=O)c1ccccc1OS(=O)(=O)c1cccs1. The number of nitrogens with two attached hydrogens (primary N) is 1. The Balaban J connectivity index is 2.39. The molecule has 94 valence electrons. The van der Waals surface area contributed by atoms with Crippen LogP contribution in [0.25, 0.3) is 0 Å². The molecular formula is C11H9NO4S2. The van der Waals surface area contributed by atoms with Crippen molar-refractivity contribution in [2.75, 3.05) is 0 Å². The molecule has 0 saturated heterocycles.